The summed E-state index contributed by atoms with van der Waals surface area (Å²) >= 11 is 0. The Balaban J connectivity index is 2.08. The van der Waals surface area contributed by atoms with Crippen LogP contribution in [-0.2, 0) is 14.8 Å². The van der Waals surface area contributed by atoms with E-state index in [2.05, 4.69) is 28.2 Å². The molecule has 6 nitrogen and oxygen atoms in total. The molecule has 1 saturated heterocycles. The van der Waals surface area contributed by atoms with Gasteiger partial charge in [0.1, 0.15) is 5.75 Å². The molecule has 2 rings (SSSR count). The van der Waals surface area contributed by atoms with Crippen molar-refractivity contribution < 1.29 is 31.1 Å². The third-order valence-corrected chi connectivity index (χ3v) is 6.40. The number of halogens is 3. The summed E-state index contributed by atoms with van der Waals surface area (Å²) in [6.45, 7) is 7.10. The SMILES string of the molecule is CCC(CC)[C@@H](CNS(=O)(=O)c1ccc(OC(F)(F)F)cc1)N1CCOCC1. The molecule has 1 heterocycles. The Morgan fingerprint density at radius 1 is 1.14 bits per heavy atom. The summed E-state index contributed by atoms with van der Waals surface area (Å²) in [4.78, 5) is 2.14. The highest BCUT2D eigenvalue weighted by molar-refractivity contribution is 7.89. The molecule has 1 aromatic rings. The van der Waals surface area contributed by atoms with Gasteiger partial charge in [-0.2, -0.15) is 0 Å². The first-order valence-electron chi connectivity index (χ1n) is 9.33. The Kier molecular flexibility index (Phi) is 8.11. The molecule has 1 aliphatic rings. The van der Waals surface area contributed by atoms with Crippen LogP contribution >= 0.6 is 0 Å². The number of hydrogen-bond donors (Lipinski definition) is 1. The van der Waals surface area contributed by atoms with Crippen molar-refractivity contribution in [1.29, 1.82) is 0 Å². The molecule has 10 heteroatoms. The molecule has 1 fully saturated rings. The van der Waals surface area contributed by atoms with E-state index in [1.165, 1.54) is 0 Å². The smallest absolute Gasteiger partial charge is 0.406 e. The number of sulfonamides is 1. The molecule has 0 saturated carbocycles. The summed E-state index contributed by atoms with van der Waals surface area (Å²) in [6, 6.07) is 4.21. The highest BCUT2D eigenvalue weighted by Crippen LogP contribution is 2.24. The van der Waals surface area contributed by atoms with Crippen LogP contribution in [0.5, 0.6) is 5.75 Å². The van der Waals surface area contributed by atoms with Gasteiger partial charge in [0.25, 0.3) is 0 Å². The van der Waals surface area contributed by atoms with E-state index in [4.69, 9.17) is 4.74 Å². The van der Waals surface area contributed by atoms with Gasteiger partial charge in [0, 0.05) is 25.7 Å². The second-order valence-corrected chi connectivity index (χ2v) is 8.43. The number of morpholine rings is 1. The van der Waals surface area contributed by atoms with Crippen molar-refractivity contribution in [3.63, 3.8) is 0 Å². The third kappa shape index (κ3) is 6.61. The molecule has 0 aliphatic carbocycles. The van der Waals surface area contributed by atoms with Crippen LogP contribution in [0.4, 0.5) is 13.2 Å². The third-order valence-electron chi connectivity index (χ3n) is 4.96. The maximum Gasteiger partial charge on any atom is 0.573 e. The molecule has 1 aliphatic heterocycles. The van der Waals surface area contributed by atoms with Crippen LogP contribution in [0.15, 0.2) is 29.2 Å². The maximum atomic E-state index is 12.6. The van der Waals surface area contributed by atoms with Crippen LogP contribution in [0.25, 0.3) is 0 Å². The van der Waals surface area contributed by atoms with Gasteiger partial charge in [-0.3, -0.25) is 4.90 Å². The van der Waals surface area contributed by atoms with Crippen LogP contribution in [-0.4, -0.2) is 58.6 Å². The zero-order valence-corrected chi connectivity index (χ0v) is 16.9. The highest BCUT2D eigenvalue weighted by atomic mass is 32.2. The second kappa shape index (κ2) is 9.91. The van der Waals surface area contributed by atoms with E-state index in [0.717, 1.165) is 50.2 Å². The fraction of sp³-hybridized carbons (Fsp3) is 0.667. The minimum atomic E-state index is -4.82. The number of hydrogen-bond acceptors (Lipinski definition) is 5. The van der Waals surface area contributed by atoms with Gasteiger partial charge in [-0.25, -0.2) is 13.1 Å². The van der Waals surface area contributed by atoms with Gasteiger partial charge in [-0.1, -0.05) is 26.7 Å². The fourth-order valence-electron chi connectivity index (χ4n) is 3.43. The Labute approximate surface area is 164 Å². The van der Waals surface area contributed by atoms with E-state index in [1.807, 2.05) is 0 Å². The van der Waals surface area contributed by atoms with Crippen LogP contribution in [0.1, 0.15) is 26.7 Å². The Morgan fingerprint density at radius 3 is 2.21 bits per heavy atom. The topological polar surface area (TPSA) is 67.9 Å². The minimum Gasteiger partial charge on any atom is -0.406 e. The van der Waals surface area contributed by atoms with Gasteiger partial charge in [0.2, 0.25) is 10.0 Å². The van der Waals surface area contributed by atoms with Gasteiger partial charge >= 0.3 is 6.36 Å². The van der Waals surface area contributed by atoms with Crippen molar-refractivity contribution in [2.75, 3.05) is 32.8 Å². The van der Waals surface area contributed by atoms with Crippen molar-refractivity contribution in [1.82, 2.24) is 9.62 Å². The highest BCUT2D eigenvalue weighted by Gasteiger charge is 2.31. The zero-order valence-electron chi connectivity index (χ0n) is 16.0. The van der Waals surface area contributed by atoms with Gasteiger partial charge in [-0.05, 0) is 30.2 Å². The molecule has 0 spiro atoms. The van der Waals surface area contributed by atoms with Gasteiger partial charge < -0.3 is 9.47 Å². The number of ether oxygens (including phenoxy) is 2. The lowest BCUT2D eigenvalue weighted by Crippen LogP contribution is -2.52. The van der Waals surface area contributed by atoms with E-state index < -0.39 is 22.1 Å². The summed E-state index contributed by atoms with van der Waals surface area (Å²) in [5.74, 6) is -0.141. The number of benzene rings is 1. The predicted molar refractivity (Wildman–Crippen MR) is 98.6 cm³/mol. The summed E-state index contributed by atoms with van der Waals surface area (Å²) in [7, 11) is -3.85. The monoisotopic (exact) mass is 424 g/mol. The lowest BCUT2D eigenvalue weighted by Gasteiger charge is -2.38. The van der Waals surface area contributed by atoms with Gasteiger partial charge in [-0.15, -0.1) is 13.2 Å². The van der Waals surface area contributed by atoms with Crippen LogP contribution in [0, 0.1) is 5.92 Å². The lowest BCUT2D eigenvalue weighted by molar-refractivity contribution is -0.274. The molecule has 0 amide bonds. The molecule has 0 aromatic heterocycles. The summed E-state index contributed by atoms with van der Waals surface area (Å²) in [5, 5.41) is 0. The standard InChI is InChI=1S/C18H27F3N2O4S/c1-3-14(4-2)17(23-9-11-26-12-10-23)13-22-28(24,25)16-7-5-15(6-8-16)27-18(19,20)21/h5-8,14,17,22H,3-4,9-13H2,1-2H3/t17-/m1/s1. The van der Waals surface area contributed by atoms with E-state index >= 15 is 0 Å². The summed E-state index contributed by atoms with van der Waals surface area (Å²) in [6.07, 6.45) is -2.98. The van der Waals surface area contributed by atoms with E-state index in [9.17, 15) is 21.6 Å². The molecule has 160 valence electrons. The van der Waals surface area contributed by atoms with E-state index in [-0.39, 0.29) is 17.5 Å². The van der Waals surface area contributed by atoms with Gasteiger partial charge in [0.05, 0.1) is 18.1 Å². The largest absolute Gasteiger partial charge is 0.573 e. The molecular formula is C18H27F3N2O4S. The second-order valence-electron chi connectivity index (χ2n) is 6.66. The lowest BCUT2D eigenvalue weighted by atomic mass is 9.92. The maximum absolute atomic E-state index is 12.6. The van der Waals surface area contributed by atoms with Crippen molar-refractivity contribution >= 4 is 10.0 Å². The Hall–Kier alpha value is -1.36. The average Bonchev–Trinajstić information content (AvgIpc) is 2.65. The number of nitrogens with zero attached hydrogens (tertiary/aromatic N) is 1. The first-order chi connectivity index (χ1) is 13.2. The quantitative estimate of drug-likeness (QED) is 0.660. The summed E-state index contributed by atoms with van der Waals surface area (Å²) in [5.41, 5.74) is 0. The van der Waals surface area contributed by atoms with Gasteiger partial charge in [0.15, 0.2) is 0 Å². The molecule has 1 aromatic carbocycles. The molecule has 1 N–H and O–H groups in total. The Morgan fingerprint density at radius 2 is 1.71 bits per heavy atom. The Bertz CT molecular complexity index is 701. The zero-order chi connectivity index (χ0) is 20.8. The molecule has 0 radical (unpaired) electrons. The molecule has 0 bridgehead atoms. The first kappa shape index (κ1) is 22.9. The predicted octanol–water partition coefficient (Wildman–Crippen LogP) is 3.00. The van der Waals surface area contributed by atoms with Crippen LogP contribution < -0.4 is 9.46 Å². The number of rotatable bonds is 9. The van der Waals surface area contributed by atoms with Crippen molar-refractivity contribution in [3.8, 4) is 5.75 Å². The van der Waals surface area contributed by atoms with E-state index in [0.29, 0.717) is 19.1 Å². The molecule has 1 atom stereocenters. The van der Waals surface area contributed by atoms with Crippen molar-refractivity contribution in [2.24, 2.45) is 5.92 Å². The normalized spacial score (nSPS) is 17.6. The first-order valence-corrected chi connectivity index (χ1v) is 10.8. The summed E-state index contributed by atoms with van der Waals surface area (Å²) < 4.78 is 73.7. The molecular weight excluding hydrogens is 397 g/mol. The van der Waals surface area contributed by atoms with E-state index in [1.54, 1.807) is 0 Å². The van der Waals surface area contributed by atoms with Crippen LogP contribution in [0.2, 0.25) is 0 Å². The number of alkyl halides is 3. The fourth-order valence-corrected chi connectivity index (χ4v) is 4.49. The minimum absolute atomic E-state index is 0.0292. The van der Waals surface area contributed by atoms with Crippen LogP contribution in [0.3, 0.4) is 0 Å². The number of nitrogens with one attached hydrogen (secondary N) is 1. The van der Waals surface area contributed by atoms with Crippen molar-refractivity contribution in [3.05, 3.63) is 24.3 Å². The molecule has 28 heavy (non-hydrogen) atoms. The average molecular weight is 424 g/mol. The van der Waals surface area contributed by atoms with Crippen molar-refractivity contribution in [2.45, 2.75) is 44.0 Å². The molecule has 0 unspecified atom stereocenters.